The second-order valence-electron chi connectivity index (χ2n) is 4.49. The van der Waals surface area contributed by atoms with E-state index in [0.717, 1.165) is 12.8 Å². The van der Waals surface area contributed by atoms with Crippen LogP contribution in [0.3, 0.4) is 0 Å². The molecular weight excluding hydrogens is 203 g/mol. The van der Waals surface area contributed by atoms with Crippen molar-refractivity contribution < 1.29 is 28.8 Å². The Balaban J connectivity index is 0. The van der Waals surface area contributed by atoms with Gasteiger partial charge in [0.05, 0.1) is 11.7 Å². The summed E-state index contributed by atoms with van der Waals surface area (Å²) < 4.78 is 0. The van der Waals surface area contributed by atoms with Crippen molar-refractivity contribution in [3.63, 3.8) is 0 Å². The predicted octanol–water partition coefficient (Wildman–Crippen LogP) is 1.94. The van der Waals surface area contributed by atoms with Crippen molar-refractivity contribution in [1.82, 2.24) is 0 Å². The minimum atomic E-state index is -0.947. The van der Waals surface area contributed by atoms with Gasteiger partial charge in [0.25, 0.3) is 0 Å². The molecule has 0 aliphatic heterocycles. The first kappa shape index (κ1) is 16.0. The minimum Gasteiger partial charge on any atom is -0.390 e. The molecule has 1 unspecified atom stereocenters. The third-order valence-corrected chi connectivity index (χ3v) is 2.07. The van der Waals surface area contributed by atoms with Crippen molar-refractivity contribution in [2.75, 3.05) is 0 Å². The molecule has 2 N–H and O–H groups in total. The number of aliphatic hydroxyl groups excluding tert-OH is 1. The van der Waals surface area contributed by atoms with Crippen LogP contribution in [0.1, 0.15) is 47.0 Å². The molecule has 0 aromatic carbocycles. The van der Waals surface area contributed by atoms with Crippen LogP contribution in [0.15, 0.2) is 0 Å². The maximum absolute atomic E-state index is 9.45. The van der Waals surface area contributed by atoms with Gasteiger partial charge in [-0.3, -0.25) is 0 Å². The summed E-state index contributed by atoms with van der Waals surface area (Å²) in [4.78, 5) is 0. The molecule has 0 aromatic rings. The maximum atomic E-state index is 9.45. The normalized spacial score (nSPS) is 14.1. The first-order chi connectivity index (χ1) is 5.34. The van der Waals surface area contributed by atoms with Gasteiger partial charge in [-0.2, -0.15) is 0 Å². The molecule has 2 nitrogen and oxygen atoms in total. The topological polar surface area (TPSA) is 40.5 Å². The number of hydrogen-bond acceptors (Lipinski definition) is 2. The average Bonchev–Trinajstić information content (AvgIpc) is 1.84. The van der Waals surface area contributed by atoms with Crippen LogP contribution >= 0.6 is 0 Å². The van der Waals surface area contributed by atoms with E-state index in [1.54, 1.807) is 13.8 Å². The molecule has 1 radical (unpaired) electrons. The van der Waals surface area contributed by atoms with Gasteiger partial charge in [0, 0.05) is 18.6 Å². The molecule has 0 saturated carbocycles. The predicted molar refractivity (Wildman–Crippen MR) is 51.0 cm³/mol. The molecule has 0 amide bonds. The fraction of sp³-hybridized carbons (Fsp3) is 1.00. The number of aliphatic hydroxyl groups is 2. The van der Waals surface area contributed by atoms with Crippen molar-refractivity contribution in [2.24, 2.45) is 5.92 Å². The quantitative estimate of drug-likeness (QED) is 0.750. The molecule has 0 fully saturated rings. The van der Waals surface area contributed by atoms with E-state index in [0.29, 0.717) is 12.3 Å². The number of rotatable bonds is 5. The van der Waals surface area contributed by atoms with Gasteiger partial charge in [-0.15, -0.1) is 0 Å². The molecule has 0 heterocycles. The Morgan fingerprint density at radius 3 is 1.92 bits per heavy atom. The molecule has 0 rings (SSSR count). The molecule has 0 bridgehead atoms. The summed E-state index contributed by atoms with van der Waals surface area (Å²) >= 11 is 0. The van der Waals surface area contributed by atoms with Crippen molar-refractivity contribution in [2.45, 2.75) is 58.7 Å². The Hall–Kier alpha value is 0.504. The zero-order chi connectivity index (χ0) is 9.78. The van der Waals surface area contributed by atoms with Crippen LogP contribution in [0.5, 0.6) is 0 Å². The zero-order valence-electron chi connectivity index (χ0n) is 9.12. The molecular formula is C10H22O2V. The van der Waals surface area contributed by atoms with Crippen molar-refractivity contribution in [1.29, 1.82) is 0 Å². The van der Waals surface area contributed by atoms with Crippen molar-refractivity contribution >= 4 is 0 Å². The SMILES string of the molecule is CC(C)CCCC(O)C(C)(C)O.[V]. The summed E-state index contributed by atoms with van der Waals surface area (Å²) in [6.45, 7) is 7.62. The first-order valence-electron chi connectivity index (χ1n) is 4.74. The van der Waals surface area contributed by atoms with E-state index in [1.165, 1.54) is 0 Å². The molecule has 13 heavy (non-hydrogen) atoms. The van der Waals surface area contributed by atoms with Crippen LogP contribution in [0.25, 0.3) is 0 Å². The van der Waals surface area contributed by atoms with E-state index in [2.05, 4.69) is 13.8 Å². The van der Waals surface area contributed by atoms with Gasteiger partial charge in [-0.25, -0.2) is 0 Å². The minimum absolute atomic E-state index is 0. The van der Waals surface area contributed by atoms with Crippen LogP contribution in [-0.2, 0) is 18.6 Å². The Kier molecular flexibility index (Phi) is 8.45. The van der Waals surface area contributed by atoms with Gasteiger partial charge in [0.1, 0.15) is 0 Å². The molecule has 0 aromatic heterocycles. The van der Waals surface area contributed by atoms with Gasteiger partial charge in [0.2, 0.25) is 0 Å². The Labute approximate surface area is 93.6 Å². The van der Waals surface area contributed by atoms with E-state index in [1.807, 2.05) is 0 Å². The molecule has 0 aliphatic carbocycles. The van der Waals surface area contributed by atoms with Crippen molar-refractivity contribution in [3.05, 3.63) is 0 Å². The van der Waals surface area contributed by atoms with Crippen molar-refractivity contribution in [3.8, 4) is 0 Å². The van der Waals surface area contributed by atoms with E-state index in [-0.39, 0.29) is 18.6 Å². The van der Waals surface area contributed by atoms with Gasteiger partial charge in [0.15, 0.2) is 0 Å². The summed E-state index contributed by atoms with van der Waals surface area (Å²) in [6, 6.07) is 0. The van der Waals surface area contributed by atoms with Crippen LogP contribution in [-0.4, -0.2) is 21.9 Å². The number of hydrogen-bond donors (Lipinski definition) is 2. The van der Waals surface area contributed by atoms with Gasteiger partial charge in [-0.1, -0.05) is 26.7 Å². The Morgan fingerprint density at radius 2 is 1.62 bits per heavy atom. The zero-order valence-corrected chi connectivity index (χ0v) is 10.5. The molecule has 0 spiro atoms. The van der Waals surface area contributed by atoms with Crippen LogP contribution in [0.4, 0.5) is 0 Å². The second-order valence-corrected chi connectivity index (χ2v) is 4.49. The smallest absolute Gasteiger partial charge is 0.0849 e. The first-order valence-corrected chi connectivity index (χ1v) is 4.74. The summed E-state index contributed by atoms with van der Waals surface area (Å²) in [7, 11) is 0. The fourth-order valence-corrected chi connectivity index (χ4v) is 1.07. The Morgan fingerprint density at radius 1 is 1.15 bits per heavy atom. The van der Waals surface area contributed by atoms with E-state index in [4.69, 9.17) is 0 Å². The second kappa shape index (κ2) is 6.88. The standard InChI is InChI=1S/C10H22O2.V/c1-8(2)6-5-7-9(11)10(3,4)12;/h8-9,11-12H,5-7H2,1-4H3;. The van der Waals surface area contributed by atoms with Gasteiger partial charge in [-0.05, 0) is 26.2 Å². The van der Waals surface area contributed by atoms with Crippen LogP contribution < -0.4 is 0 Å². The third-order valence-electron chi connectivity index (χ3n) is 2.07. The molecule has 0 aliphatic rings. The van der Waals surface area contributed by atoms with Gasteiger partial charge >= 0.3 is 0 Å². The summed E-state index contributed by atoms with van der Waals surface area (Å²) in [6.07, 6.45) is 2.22. The van der Waals surface area contributed by atoms with E-state index >= 15 is 0 Å². The summed E-state index contributed by atoms with van der Waals surface area (Å²) in [5.74, 6) is 0.680. The Bertz CT molecular complexity index is 119. The van der Waals surface area contributed by atoms with E-state index < -0.39 is 11.7 Å². The van der Waals surface area contributed by atoms with Crippen LogP contribution in [0.2, 0.25) is 0 Å². The third kappa shape index (κ3) is 8.82. The summed E-state index contributed by atoms with van der Waals surface area (Å²) in [5, 5.41) is 18.8. The largest absolute Gasteiger partial charge is 0.390 e. The average molecular weight is 225 g/mol. The molecule has 0 saturated heterocycles. The monoisotopic (exact) mass is 225 g/mol. The van der Waals surface area contributed by atoms with Crippen LogP contribution in [0, 0.1) is 5.92 Å². The molecule has 79 valence electrons. The maximum Gasteiger partial charge on any atom is 0.0849 e. The fourth-order valence-electron chi connectivity index (χ4n) is 1.07. The van der Waals surface area contributed by atoms with E-state index in [9.17, 15) is 10.2 Å². The van der Waals surface area contributed by atoms with Gasteiger partial charge < -0.3 is 10.2 Å². The molecule has 3 heteroatoms. The molecule has 1 atom stereocenters. The summed E-state index contributed by atoms with van der Waals surface area (Å²) in [5.41, 5.74) is -0.947.